The number of pyridine rings is 1. The maximum atomic E-state index is 12.8. The molecule has 5 nitrogen and oxygen atoms in total. The number of hydrogen-bond acceptors (Lipinski definition) is 4. The summed E-state index contributed by atoms with van der Waals surface area (Å²) in [5, 5.41) is 2.93. The van der Waals surface area contributed by atoms with Crippen molar-refractivity contribution in [3.8, 4) is 11.5 Å². The number of ether oxygens (including phenoxy) is 2. The van der Waals surface area contributed by atoms with E-state index in [0.717, 1.165) is 11.4 Å². The van der Waals surface area contributed by atoms with E-state index >= 15 is 0 Å². The summed E-state index contributed by atoms with van der Waals surface area (Å²) in [4.78, 5) is 17.2. The van der Waals surface area contributed by atoms with Crippen LogP contribution in [0, 0.1) is 6.92 Å². The largest absolute Gasteiger partial charge is 0.457 e. The van der Waals surface area contributed by atoms with E-state index in [0.29, 0.717) is 28.6 Å². The topological polar surface area (TPSA) is 60.5 Å². The van der Waals surface area contributed by atoms with Gasteiger partial charge in [0, 0.05) is 18.9 Å². The maximum Gasteiger partial charge on any atom is 0.257 e. The zero-order chi connectivity index (χ0) is 21.7. The Balaban J connectivity index is 1.74. The van der Waals surface area contributed by atoms with E-state index in [1.807, 2.05) is 62.4 Å². The highest BCUT2D eigenvalue weighted by Crippen LogP contribution is 2.27. The van der Waals surface area contributed by atoms with Crippen molar-refractivity contribution < 1.29 is 14.3 Å². The number of methoxy groups -OCH3 is 1. The monoisotopic (exact) mass is 404 g/mol. The number of carbonyl (C=O) groups excluding carboxylic acids is 1. The molecule has 1 unspecified atom stereocenters. The molecule has 0 fully saturated rings. The molecule has 0 aliphatic heterocycles. The summed E-state index contributed by atoms with van der Waals surface area (Å²) < 4.78 is 11.3. The van der Waals surface area contributed by atoms with Gasteiger partial charge in [-0.05, 0) is 61.7 Å². The second-order valence-corrected chi connectivity index (χ2v) is 7.56. The van der Waals surface area contributed by atoms with Crippen molar-refractivity contribution in [2.45, 2.75) is 39.7 Å². The van der Waals surface area contributed by atoms with Gasteiger partial charge in [0.05, 0.1) is 23.1 Å². The lowest BCUT2D eigenvalue weighted by atomic mass is 10.0. The van der Waals surface area contributed by atoms with Gasteiger partial charge >= 0.3 is 0 Å². The Labute approximate surface area is 178 Å². The number of carbonyl (C=O) groups is 1. The third kappa shape index (κ3) is 5.24. The highest BCUT2D eigenvalue weighted by molar-refractivity contribution is 6.05. The lowest BCUT2D eigenvalue weighted by Gasteiger charge is -2.13. The quantitative estimate of drug-likeness (QED) is 0.504. The summed E-state index contributed by atoms with van der Waals surface area (Å²) in [6.45, 7) is 8.04. The Morgan fingerprint density at radius 2 is 1.67 bits per heavy atom. The molecule has 3 rings (SSSR count). The Morgan fingerprint density at radius 3 is 2.33 bits per heavy atom. The van der Waals surface area contributed by atoms with Gasteiger partial charge < -0.3 is 14.8 Å². The Hall–Kier alpha value is -3.18. The van der Waals surface area contributed by atoms with Crippen LogP contribution in [0.15, 0.2) is 60.7 Å². The standard InChI is InChI=1S/C25H28N2O3/c1-16(2)19-8-6-10-21(14-19)30-22-11-7-9-20(15-22)27-25(28)23-12-13-24(18(4)29-5)26-17(23)3/h6-16,18H,1-5H3,(H,27,28). The van der Waals surface area contributed by atoms with Gasteiger partial charge in [0.25, 0.3) is 5.91 Å². The Morgan fingerprint density at radius 1 is 0.967 bits per heavy atom. The molecule has 0 saturated carbocycles. The molecule has 1 amide bonds. The van der Waals surface area contributed by atoms with Crippen LogP contribution in [-0.2, 0) is 4.74 Å². The SMILES string of the molecule is COC(C)c1ccc(C(=O)Nc2cccc(Oc3cccc(C(C)C)c3)c2)c(C)n1. The average molecular weight is 405 g/mol. The Kier molecular flexibility index (Phi) is 6.85. The van der Waals surface area contributed by atoms with E-state index in [2.05, 4.69) is 30.2 Å². The summed E-state index contributed by atoms with van der Waals surface area (Å²) in [6.07, 6.45) is -0.121. The highest BCUT2D eigenvalue weighted by Gasteiger charge is 2.14. The van der Waals surface area contributed by atoms with Gasteiger partial charge in [0.15, 0.2) is 0 Å². The van der Waals surface area contributed by atoms with E-state index in [1.165, 1.54) is 5.56 Å². The van der Waals surface area contributed by atoms with Crippen molar-refractivity contribution in [3.05, 3.63) is 83.2 Å². The number of aryl methyl sites for hydroxylation is 1. The number of nitrogens with one attached hydrogen (secondary N) is 1. The van der Waals surface area contributed by atoms with Crippen molar-refractivity contribution in [3.63, 3.8) is 0 Å². The number of amides is 1. The Bertz CT molecular complexity index is 1030. The number of benzene rings is 2. The number of aromatic nitrogens is 1. The van der Waals surface area contributed by atoms with Gasteiger partial charge in [0.2, 0.25) is 0 Å². The van der Waals surface area contributed by atoms with Gasteiger partial charge in [-0.15, -0.1) is 0 Å². The van der Waals surface area contributed by atoms with Gasteiger partial charge in [-0.3, -0.25) is 9.78 Å². The maximum absolute atomic E-state index is 12.8. The summed E-state index contributed by atoms with van der Waals surface area (Å²) in [6, 6.07) is 19.0. The van der Waals surface area contributed by atoms with Crippen molar-refractivity contribution >= 4 is 11.6 Å². The molecule has 0 saturated heterocycles. The second kappa shape index (κ2) is 9.55. The summed E-state index contributed by atoms with van der Waals surface area (Å²) in [5.41, 5.74) is 3.85. The molecule has 0 aliphatic carbocycles. The first-order valence-electron chi connectivity index (χ1n) is 10.1. The van der Waals surface area contributed by atoms with Crippen LogP contribution >= 0.6 is 0 Å². The zero-order valence-electron chi connectivity index (χ0n) is 18.1. The van der Waals surface area contributed by atoms with Crippen LogP contribution in [0.5, 0.6) is 11.5 Å². The molecule has 1 N–H and O–H groups in total. The summed E-state index contributed by atoms with van der Waals surface area (Å²) >= 11 is 0. The van der Waals surface area contributed by atoms with Crippen LogP contribution < -0.4 is 10.1 Å². The fourth-order valence-corrected chi connectivity index (χ4v) is 3.08. The molecular formula is C25H28N2O3. The average Bonchev–Trinajstić information content (AvgIpc) is 2.73. The van der Waals surface area contributed by atoms with Crippen molar-refractivity contribution in [2.24, 2.45) is 0 Å². The third-order valence-corrected chi connectivity index (χ3v) is 4.97. The summed E-state index contributed by atoms with van der Waals surface area (Å²) in [5.74, 6) is 1.64. The van der Waals surface area contributed by atoms with E-state index in [1.54, 1.807) is 13.2 Å². The second-order valence-electron chi connectivity index (χ2n) is 7.56. The fourth-order valence-electron chi connectivity index (χ4n) is 3.08. The van der Waals surface area contributed by atoms with E-state index in [-0.39, 0.29) is 12.0 Å². The molecule has 0 aliphatic rings. The molecule has 2 aromatic carbocycles. The third-order valence-electron chi connectivity index (χ3n) is 4.97. The highest BCUT2D eigenvalue weighted by atomic mass is 16.5. The van der Waals surface area contributed by atoms with E-state index < -0.39 is 0 Å². The predicted molar refractivity (Wildman–Crippen MR) is 119 cm³/mol. The van der Waals surface area contributed by atoms with E-state index in [4.69, 9.17) is 9.47 Å². The number of rotatable bonds is 7. The lowest BCUT2D eigenvalue weighted by molar-refractivity contribution is 0.102. The molecule has 0 radical (unpaired) electrons. The molecule has 1 heterocycles. The fraction of sp³-hybridized carbons (Fsp3) is 0.280. The summed E-state index contributed by atoms with van der Waals surface area (Å²) in [7, 11) is 1.64. The minimum atomic E-state index is -0.212. The molecule has 1 atom stereocenters. The van der Waals surface area contributed by atoms with Crippen LogP contribution in [0.1, 0.15) is 60.1 Å². The molecule has 0 bridgehead atoms. The van der Waals surface area contributed by atoms with Crippen molar-refractivity contribution in [1.82, 2.24) is 4.98 Å². The van der Waals surface area contributed by atoms with Crippen molar-refractivity contribution in [2.75, 3.05) is 12.4 Å². The van der Waals surface area contributed by atoms with Gasteiger partial charge in [-0.2, -0.15) is 0 Å². The van der Waals surface area contributed by atoms with Crippen LogP contribution in [0.2, 0.25) is 0 Å². The first-order chi connectivity index (χ1) is 14.4. The molecule has 1 aromatic heterocycles. The van der Waals surface area contributed by atoms with Crippen LogP contribution in [0.3, 0.4) is 0 Å². The zero-order valence-corrected chi connectivity index (χ0v) is 18.1. The molecule has 3 aromatic rings. The van der Waals surface area contributed by atoms with Gasteiger partial charge in [0.1, 0.15) is 11.5 Å². The first-order valence-corrected chi connectivity index (χ1v) is 10.1. The number of anilines is 1. The molecular weight excluding hydrogens is 376 g/mol. The van der Waals surface area contributed by atoms with E-state index in [9.17, 15) is 4.79 Å². The first kappa shape index (κ1) is 21.5. The van der Waals surface area contributed by atoms with Crippen molar-refractivity contribution in [1.29, 1.82) is 0 Å². The van der Waals surface area contributed by atoms with Crippen LogP contribution in [0.4, 0.5) is 5.69 Å². The van der Waals surface area contributed by atoms with Crippen LogP contribution in [0.25, 0.3) is 0 Å². The van der Waals surface area contributed by atoms with Gasteiger partial charge in [-0.1, -0.05) is 32.0 Å². The molecule has 156 valence electrons. The van der Waals surface area contributed by atoms with Gasteiger partial charge in [-0.25, -0.2) is 0 Å². The normalized spacial score (nSPS) is 11.9. The molecule has 30 heavy (non-hydrogen) atoms. The molecule has 5 heteroatoms. The minimum Gasteiger partial charge on any atom is -0.457 e. The molecule has 0 spiro atoms. The minimum absolute atomic E-state index is 0.121. The lowest BCUT2D eigenvalue weighted by Crippen LogP contribution is -2.15. The van der Waals surface area contributed by atoms with Crippen LogP contribution in [-0.4, -0.2) is 18.0 Å². The number of nitrogens with zero attached hydrogens (tertiary/aromatic N) is 1. The number of hydrogen-bond donors (Lipinski definition) is 1. The predicted octanol–water partition coefficient (Wildman–Crippen LogP) is 6.27. The smallest absolute Gasteiger partial charge is 0.257 e.